The van der Waals surface area contributed by atoms with E-state index < -0.39 is 0 Å². The Morgan fingerprint density at radius 3 is 1.75 bits per heavy atom. The first-order valence-corrected chi connectivity index (χ1v) is 4.60. The Morgan fingerprint density at radius 1 is 1.25 bits per heavy atom. The Morgan fingerprint density at radius 2 is 1.67 bits per heavy atom. The molecule has 0 saturated carbocycles. The molecule has 3 N–H and O–H groups in total. The minimum absolute atomic E-state index is 0.240. The second kappa shape index (κ2) is 4.96. The maximum absolute atomic E-state index is 7.44. The van der Waals surface area contributed by atoms with Crippen LogP contribution in [0, 0.1) is 11.3 Å². The minimum Gasteiger partial charge on any atom is -0.384 e. The van der Waals surface area contributed by atoms with Crippen LogP contribution in [0.15, 0.2) is 11.1 Å². The van der Waals surface area contributed by atoms with Gasteiger partial charge in [0.05, 0.1) is 0 Å². The van der Waals surface area contributed by atoms with Crippen LogP contribution in [-0.4, -0.2) is 5.84 Å². The van der Waals surface area contributed by atoms with E-state index in [2.05, 4.69) is 27.7 Å². The largest absolute Gasteiger partial charge is 0.384 e. The van der Waals surface area contributed by atoms with E-state index in [1.165, 1.54) is 5.57 Å². The fourth-order valence-electron chi connectivity index (χ4n) is 1.54. The molecule has 0 aromatic heterocycles. The Balaban J connectivity index is 4.89. The van der Waals surface area contributed by atoms with E-state index in [-0.39, 0.29) is 5.84 Å². The van der Waals surface area contributed by atoms with Gasteiger partial charge in [-0.15, -0.1) is 0 Å². The van der Waals surface area contributed by atoms with Crippen LogP contribution in [-0.2, 0) is 0 Å². The molecule has 0 saturated heterocycles. The molecule has 2 nitrogen and oxygen atoms in total. The lowest BCUT2D eigenvalue weighted by atomic mass is 9.93. The summed E-state index contributed by atoms with van der Waals surface area (Å²) in [5, 5.41) is 7.44. The standard InChI is InChI=1S/C10H20N2/c1-5-8(6-2)9(7(3)4)10(11)12/h7H,5-6H2,1-4H3,(H3,11,12). The van der Waals surface area contributed by atoms with Crippen molar-refractivity contribution in [2.75, 3.05) is 0 Å². The Bertz CT molecular complexity index is 184. The lowest BCUT2D eigenvalue weighted by Crippen LogP contribution is -2.19. The molecule has 0 unspecified atom stereocenters. The normalized spacial score (nSPS) is 10.1. The smallest absolute Gasteiger partial charge is 0.118 e. The van der Waals surface area contributed by atoms with E-state index in [1.54, 1.807) is 0 Å². The van der Waals surface area contributed by atoms with Crippen molar-refractivity contribution in [1.29, 1.82) is 5.41 Å². The SMILES string of the molecule is CCC(CC)=C(C(=N)N)C(C)C. The summed E-state index contributed by atoms with van der Waals surface area (Å²) in [6.07, 6.45) is 2.01. The number of allylic oxidation sites excluding steroid dienone is 1. The van der Waals surface area contributed by atoms with Crippen LogP contribution in [0.2, 0.25) is 0 Å². The van der Waals surface area contributed by atoms with Crippen LogP contribution < -0.4 is 5.73 Å². The van der Waals surface area contributed by atoms with Crippen molar-refractivity contribution in [2.24, 2.45) is 11.7 Å². The predicted molar refractivity (Wildman–Crippen MR) is 54.4 cm³/mol. The first-order chi connectivity index (χ1) is 5.54. The monoisotopic (exact) mass is 168 g/mol. The Hall–Kier alpha value is -0.790. The second-order valence-corrected chi connectivity index (χ2v) is 3.29. The number of hydrogen-bond acceptors (Lipinski definition) is 1. The molecule has 12 heavy (non-hydrogen) atoms. The van der Waals surface area contributed by atoms with Gasteiger partial charge in [-0.05, 0) is 24.3 Å². The van der Waals surface area contributed by atoms with Gasteiger partial charge in [-0.1, -0.05) is 33.3 Å². The Labute approximate surface area is 75.4 Å². The Kier molecular flexibility index (Phi) is 4.64. The van der Waals surface area contributed by atoms with Crippen molar-refractivity contribution in [3.63, 3.8) is 0 Å². The highest BCUT2D eigenvalue weighted by Crippen LogP contribution is 2.19. The maximum Gasteiger partial charge on any atom is 0.118 e. The van der Waals surface area contributed by atoms with Crippen molar-refractivity contribution >= 4 is 5.84 Å². The average Bonchev–Trinajstić information content (AvgIpc) is 1.98. The van der Waals surface area contributed by atoms with Crippen molar-refractivity contribution < 1.29 is 0 Å². The second-order valence-electron chi connectivity index (χ2n) is 3.29. The topological polar surface area (TPSA) is 49.9 Å². The molecule has 0 spiro atoms. The van der Waals surface area contributed by atoms with Gasteiger partial charge >= 0.3 is 0 Å². The zero-order valence-electron chi connectivity index (χ0n) is 8.57. The summed E-state index contributed by atoms with van der Waals surface area (Å²) in [7, 11) is 0. The van der Waals surface area contributed by atoms with Crippen molar-refractivity contribution in [2.45, 2.75) is 40.5 Å². The molecule has 0 fully saturated rings. The fourth-order valence-corrected chi connectivity index (χ4v) is 1.54. The van der Waals surface area contributed by atoms with E-state index in [1.807, 2.05) is 0 Å². The molecule has 0 rings (SSSR count). The van der Waals surface area contributed by atoms with Crippen LogP contribution in [0.4, 0.5) is 0 Å². The first-order valence-electron chi connectivity index (χ1n) is 4.60. The third-order valence-electron chi connectivity index (χ3n) is 2.10. The molecule has 0 bridgehead atoms. The summed E-state index contributed by atoms with van der Waals surface area (Å²) < 4.78 is 0. The molecule has 0 aromatic carbocycles. The van der Waals surface area contributed by atoms with Crippen LogP contribution in [0.3, 0.4) is 0 Å². The summed E-state index contributed by atoms with van der Waals surface area (Å²) in [6, 6.07) is 0. The summed E-state index contributed by atoms with van der Waals surface area (Å²) in [6.45, 7) is 8.40. The molecule has 0 atom stereocenters. The van der Waals surface area contributed by atoms with Gasteiger partial charge in [0.15, 0.2) is 0 Å². The van der Waals surface area contributed by atoms with Crippen LogP contribution in [0.25, 0.3) is 0 Å². The lowest BCUT2D eigenvalue weighted by molar-refractivity contribution is 0.766. The van der Waals surface area contributed by atoms with Gasteiger partial charge in [-0.25, -0.2) is 0 Å². The summed E-state index contributed by atoms with van der Waals surface area (Å²) in [5.41, 5.74) is 7.87. The summed E-state index contributed by atoms with van der Waals surface area (Å²) >= 11 is 0. The van der Waals surface area contributed by atoms with Crippen molar-refractivity contribution in [3.8, 4) is 0 Å². The third-order valence-corrected chi connectivity index (χ3v) is 2.10. The van der Waals surface area contributed by atoms with Crippen molar-refractivity contribution in [1.82, 2.24) is 0 Å². The number of rotatable bonds is 4. The minimum atomic E-state index is 0.240. The molecular formula is C10H20N2. The van der Waals surface area contributed by atoms with Gasteiger partial charge in [0.25, 0.3) is 0 Å². The molecule has 0 aliphatic heterocycles. The third kappa shape index (κ3) is 2.68. The summed E-state index contributed by atoms with van der Waals surface area (Å²) in [4.78, 5) is 0. The molecule has 0 radical (unpaired) electrons. The first kappa shape index (κ1) is 11.2. The van der Waals surface area contributed by atoms with Gasteiger partial charge in [0.1, 0.15) is 5.84 Å². The van der Waals surface area contributed by atoms with Crippen LogP contribution >= 0.6 is 0 Å². The molecular weight excluding hydrogens is 148 g/mol. The molecule has 0 amide bonds. The fraction of sp³-hybridized carbons (Fsp3) is 0.700. The lowest BCUT2D eigenvalue weighted by Gasteiger charge is -2.14. The maximum atomic E-state index is 7.44. The molecule has 0 aliphatic rings. The molecule has 0 aromatic rings. The van der Waals surface area contributed by atoms with Gasteiger partial charge in [0.2, 0.25) is 0 Å². The summed E-state index contributed by atoms with van der Waals surface area (Å²) in [5.74, 6) is 0.612. The van der Waals surface area contributed by atoms with Gasteiger partial charge in [-0.2, -0.15) is 0 Å². The highest BCUT2D eigenvalue weighted by Gasteiger charge is 2.10. The van der Waals surface area contributed by atoms with Crippen LogP contribution in [0.5, 0.6) is 0 Å². The zero-order valence-corrected chi connectivity index (χ0v) is 8.57. The number of nitrogens with two attached hydrogens (primary N) is 1. The number of amidine groups is 1. The highest BCUT2D eigenvalue weighted by atomic mass is 14.7. The number of nitrogens with one attached hydrogen (secondary N) is 1. The van der Waals surface area contributed by atoms with E-state index in [4.69, 9.17) is 11.1 Å². The van der Waals surface area contributed by atoms with E-state index in [9.17, 15) is 0 Å². The van der Waals surface area contributed by atoms with Crippen LogP contribution in [0.1, 0.15) is 40.5 Å². The van der Waals surface area contributed by atoms with Gasteiger partial charge in [0, 0.05) is 0 Å². The molecule has 2 heteroatoms. The van der Waals surface area contributed by atoms with E-state index in [0.717, 1.165) is 18.4 Å². The molecule has 0 aliphatic carbocycles. The zero-order chi connectivity index (χ0) is 9.72. The highest BCUT2D eigenvalue weighted by molar-refractivity contribution is 5.95. The molecule has 0 heterocycles. The number of hydrogen-bond donors (Lipinski definition) is 2. The van der Waals surface area contributed by atoms with Gasteiger partial charge < -0.3 is 5.73 Å². The predicted octanol–water partition coefficient (Wildman–Crippen LogP) is 2.69. The van der Waals surface area contributed by atoms with E-state index >= 15 is 0 Å². The quantitative estimate of drug-likeness (QED) is 0.492. The average molecular weight is 168 g/mol. The molecule has 70 valence electrons. The van der Waals surface area contributed by atoms with Crippen molar-refractivity contribution in [3.05, 3.63) is 11.1 Å². The van der Waals surface area contributed by atoms with E-state index in [0.29, 0.717) is 5.92 Å². The van der Waals surface area contributed by atoms with Gasteiger partial charge in [-0.3, -0.25) is 5.41 Å².